The predicted molar refractivity (Wildman–Crippen MR) is 43.2 cm³/mol. The van der Waals surface area contributed by atoms with Crippen molar-refractivity contribution in [2.24, 2.45) is 11.7 Å². The second kappa shape index (κ2) is 4.21. The second-order valence-electron chi connectivity index (χ2n) is 3.05. The number of hydrogen-bond donors (Lipinski definition) is 1. The Morgan fingerprint density at radius 2 is 2.09 bits per heavy atom. The Morgan fingerprint density at radius 1 is 1.45 bits per heavy atom. The normalized spacial score (nSPS) is 29.2. The average Bonchev–Trinajstić information content (AvgIpc) is 1.86. The molecule has 1 saturated carbocycles. The fourth-order valence-electron chi connectivity index (χ4n) is 1.48. The molecule has 2 N–H and O–H groups in total. The molecule has 1 nitrogen and oxygen atoms in total. The predicted octanol–water partition coefficient (Wildman–Crippen LogP) is 2.19. The summed E-state index contributed by atoms with van der Waals surface area (Å²) in [4.78, 5) is 0. The zero-order valence-electron chi connectivity index (χ0n) is 6.35. The number of rotatable bonds is 1. The van der Waals surface area contributed by atoms with Crippen LogP contribution in [0.4, 0.5) is 8.78 Å². The third-order valence-corrected chi connectivity index (χ3v) is 2.08. The van der Waals surface area contributed by atoms with Crippen molar-refractivity contribution in [2.45, 2.75) is 31.6 Å². The highest BCUT2D eigenvalue weighted by Gasteiger charge is 2.35. The highest BCUT2D eigenvalue weighted by atomic mass is 35.5. The van der Waals surface area contributed by atoms with E-state index in [0.717, 1.165) is 6.42 Å². The molecule has 0 heterocycles. The lowest BCUT2D eigenvalue weighted by molar-refractivity contribution is -0.0508. The van der Waals surface area contributed by atoms with Gasteiger partial charge >= 0.3 is 0 Å². The molecule has 1 aliphatic rings. The molecule has 0 unspecified atom stereocenters. The first-order valence-electron chi connectivity index (χ1n) is 3.72. The SMILES string of the molecule is Cl.NC[C@H]1CCCC(F)(F)C1. The Morgan fingerprint density at radius 3 is 2.45 bits per heavy atom. The van der Waals surface area contributed by atoms with Crippen LogP contribution in [0.5, 0.6) is 0 Å². The molecule has 4 heteroatoms. The molecule has 0 aromatic heterocycles. The van der Waals surface area contributed by atoms with Crippen molar-refractivity contribution < 1.29 is 8.78 Å². The van der Waals surface area contributed by atoms with Crippen molar-refractivity contribution in [3.05, 3.63) is 0 Å². The molecule has 0 aromatic carbocycles. The molecule has 0 bridgehead atoms. The highest BCUT2D eigenvalue weighted by Crippen LogP contribution is 2.35. The number of halogens is 3. The zero-order valence-corrected chi connectivity index (χ0v) is 7.17. The van der Waals surface area contributed by atoms with Gasteiger partial charge in [-0.1, -0.05) is 0 Å². The van der Waals surface area contributed by atoms with Crippen LogP contribution >= 0.6 is 12.4 Å². The summed E-state index contributed by atoms with van der Waals surface area (Å²) in [7, 11) is 0. The summed E-state index contributed by atoms with van der Waals surface area (Å²) in [6, 6.07) is 0. The Balaban J connectivity index is 0.000001000. The van der Waals surface area contributed by atoms with Crippen LogP contribution in [0.3, 0.4) is 0 Å². The van der Waals surface area contributed by atoms with Crippen LogP contribution in [0.1, 0.15) is 25.7 Å². The van der Waals surface area contributed by atoms with Crippen LogP contribution < -0.4 is 5.73 Å². The first-order chi connectivity index (χ1) is 4.64. The van der Waals surface area contributed by atoms with Crippen molar-refractivity contribution in [1.29, 1.82) is 0 Å². The minimum absolute atomic E-state index is 0. The first kappa shape index (κ1) is 11.1. The van der Waals surface area contributed by atoms with E-state index in [2.05, 4.69) is 0 Å². The number of nitrogens with two attached hydrogens (primary N) is 1. The zero-order chi connectivity index (χ0) is 7.61. The van der Waals surface area contributed by atoms with Crippen LogP contribution in [0.2, 0.25) is 0 Å². The number of alkyl halides is 2. The van der Waals surface area contributed by atoms with Gasteiger partial charge in [-0.2, -0.15) is 0 Å². The van der Waals surface area contributed by atoms with E-state index >= 15 is 0 Å². The molecular formula is C7H14ClF2N. The molecular weight excluding hydrogens is 172 g/mol. The van der Waals surface area contributed by atoms with Crippen molar-refractivity contribution in [3.63, 3.8) is 0 Å². The van der Waals surface area contributed by atoms with Crippen LogP contribution in [-0.2, 0) is 0 Å². The van der Waals surface area contributed by atoms with Gasteiger partial charge in [0.2, 0.25) is 5.92 Å². The van der Waals surface area contributed by atoms with Gasteiger partial charge in [-0.05, 0) is 25.3 Å². The smallest absolute Gasteiger partial charge is 0.248 e. The average molecular weight is 186 g/mol. The summed E-state index contributed by atoms with van der Waals surface area (Å²) < 4.78 is 25.2. The van der Waals surface area contributed by atoms with Gasteiger partial charge in [-0.15, -0.1) is 12.4 Å². The van der Waals surface area contributed by atoms with Gasteiger partial charge in [0.05, 0.1) is 0 Å². The van der Waals surface area contributed by atoms with E-state index in [-0.39, 0.29) is 31.2 Å². The minimum Gasteiger partial charge on any atom is -0.330 e. The molecule has 1 atom stereocenters. The Bertz CT molecular complexity index is 119. The second-order valence-corrected chi connectivity index (χ2v) is 3.05. The van der Waals surface area contributed by atoms with Crippen molar-refractivity contribution in [2.75, 3.05) is 6.54 Å². The third-order valence-electron chi connectivity index (χ3n) is 2.08. The Kier molecular flexibility index (Phi) is 4.26. The fourth-order valence-corrected chi connectivity index (χ4v) is 1.48. The molecule has 0 radical (unpaired) electrons. The lowest BCUT2D eigenvalue weighted by Gasteiger charge is -2.27. The molecule has 68 valence electrons. The van der Waals surface area contributed by atoms with Crippen LogP contribution in [0.15, 0.2) is 0 Å². The maximum absolute atomic E-state index is 12.6. The molecule has 0 saturated heterocycles. The van der Waals surface area contributed by atoms with Gasteiger partial charge in [-0.25, -0.2) is 8.78 Å². The first-order valence-corrected chi connectivity index (χ1v) is 3.72. The largest absolute Gasteiger partial charge is 0.330 e. The van der Waals surface area contributed by atoms with Gasteiger partial charge in [0.25, 0.3) is 0 Å². The van der Waals surface area contributed by atoms with E-state index in [1.807, 2.05) is 0 Å². The highest BCUT2D eigenvalue weighted by molar-refractivity contribution is 5.85. The molecule has 1 aliphatic carbocycles. The maximum atomic E-state index is 12.6. The quantitative estimate of drug-likeness (QED) is 0.666. The van der Waals surface area contributed by atoms with Gasteiger partial charge in [0, 0.05) is 12.8 Å². The molecule has 11 heavy (non-hydrogen) atoms. The fraction of sp³-hybridized carbons (Fsp3) is 1.00. The lowest BCUT2D eigenvalue weighted by Crippen LogP contribution is -2.30. The van der Waals surface area contributed by atoms with Crippen molar-refractivity contribution >= 4 is 12.4 Å². The summed E-state index contributed by atoms with van der Waals surface area (Å²) in [5.41, 5.74) is 5.29. The van der Waals surface area contributed by atoms with Crippen LogP contribution in [0.25, 0.3) is 0 Å². The van der Waals surface area contributed by atoms with Crippen LogP contribution in [-0.4, -0.2) is 12.5 Å². The molecule has 1 rings (SSSR count). The van der Waals surface area contributed by atoms with Gasteiger partial charge in [-0.3, -0.25) is 0 Å². The lowest BCUT2D eigenvalue weighted by atomic mass is 9.87. The van der Waals surface area contributed by atoms with E-state index in [0.29, 0.717) is 13.0 Å². The van der Waals surface area contributed by atoms with E-state index in [1.54, 1.807) is 0 Å². The maximum Gasteiger partial charge on any atom is 0.248 e. The van der Waals surface area contributed by atoms with Gasteiger partial charge < -0.3 is 5.73 Å². The van der Waals surface area contributed by atoms with Crippen molar-refractivity contribution in [3.8, 4) is 0 Å². The molecule has 1 fully saturated rings. The monoisotopic (exact) mass is 185 g/mol. The minimum atomic E-state index is -2.43. The van der Waals surface area contributed by atoms with E-state index in [4.69, 9.17) is 5.73 Å². The topological polar surface area (TPSA) is 26.0 Å². The molecule has 0 amide bonds. The standard InChI is InChI=1S/C7H13F2N.ClH/c8-7(9)3-1-2-6(4-7)5-10;/h6H,1-5,10H2;1H/t6-;/m0./s1. The summed E-state index contributed by atoms with van der Waals surface area (Å²) in [5, 5.41) is 0. The van der Waals surface area contributed by atoms with E-state index < -0.39 is 5.92 Å². The molecule has 0 spiro atoms. The van der Waals surface area contributed by atoms with Gasteiger partial charge in [0.15, 0.2) is 0 Å². The summed E-state index contributed by atoms with van der Waals surface area (Å²) >= 11 is 0. The van der Waals surface area contributed by atoms with E-state index in [1.165, 1.54) is 0 Å². The third kappa shape index (κ3) is 3.34. The molecule has 0 aliphatic heterocycles. The Hall–Kier alpha value is 0.110. The summed E-state index contributed by atoms with van der Waals surface area (Å²) in [5.74, 6) is -2.37. The molecule has 0 aromatic rings. The Labute approximate surface area is 71.7 Å². The van der Waals surface area contributed by atoms with Crippen molar-refractivity contribution in [1.82, 2.24) is 0 Å². The van der Waals surface area contributed by atoms with Crippen LogP contribution in [0, 0.1) is 5.92 Å². The summed E-state index contributed by atoms with van der Waals surface area (Å²) in [6.45, 7) is 0.412. The van der Waals surface area contributed by atoms with E-state index in [9.17, 15) is 8.78 Å². The number of hydrogen-bond acceptors (Lipinski definition) is 1. The summed E-state index contributed by atoms with van der Waals surface area (Å²) in [6.07, 6.45) is 1.58. The van der Waals surface area contributed by atoms with Gasteiger partial charge in [0.1, 0.15) is 0 Å².